The average Bonchev–Trinajstić information content (AvgIpc) is 2.68. The Labute approximate surface area is 165 Å². The van der Waals surface area contributed by atoms with E-state index in [2.05, 4.69) is 9.97 Å². The molecule has 7 nitrogen and oxygen atoms in total. The van der Waals surface area contributed by atoms with Crippen molar-refractivity contribution in [2.45, 2.75) is 13.8 Å². The summed E-state index contributed by atoms with van der Waals surface area (Å²) in [7, 11) is 0. The number of pyridine rings is 2. The van der Waals surface area contributed by atoms with Crippen LogP contribution in [0.4, 0.5) is 0 Å². The number of ether oxygens (including phenoxy) is 1. The zero-order chi connectivity index (χ0) is 20.7. The van der Waals surface area contributed by atoms with Gasteiger partial charge in [0, 0.05) is 10.8 Å². The van der Waals surface area contributed by atoms with E-state index in [-0.39, 0.29) is 11.1 Å². The van der Waals surface area contributed by atoms with E-state index >= 15 is 0 Å². The van der Waals surface area contributed by atoms with Gasteiger partial charge in [-0.3, -0.25) is 0 Å². The van der Waals surface area contributed by atoms with E-state index < -0.39 is 11.9 Å². The van der Waals surface area contributed by atoms with Gasteiger partial charge in [-0.05, 0) is 38.1 Å². The molecule has 0 aliphatic carbocycles. The van der Waals surface area contributed by atoms with Crippen molar-refractivity contribution in [3.63, 3.8) is 0 Å². The molecule has 0 fully saturated rings. The Morgan fingerprint density at radius 2 is 1.17 bits per heavy atom. The molecule has 0 spiro atoms. The molecule has 0 atom stereocenters. The summed E-state index contributed by atoms with van der Waals surface area (Å²) in [5, 5.41) is 20.0. The molecule has 0 amide bonds. The van der Waals surface area contributed by atoms with Gasteiger partial charge in [0.25, 0.3) is 0 Å². The SMILES string of the molecule is Cc1nc2c(C(=O)O)cccc2cc1Oc1cc2cccc(C(=O)O)c2nc1C. The van der Waals surface area contributed by atoms with Crippen LogP contribution in [-0.4, -0.2) is 32.1 Å². The summed E-state index contributed by atoms with van der Waals surface area (Å²) in [4.78, 5) is 31.7. The zero-order valence-electron chi connectivity index (χ0n) is 15.6. The molecule has 2 N–H and O–H groups in total. The first-order chi connectivity index (χ1) is 13.8. The van der Waals surface area contributed by atoms with Crippen LogP contribution in [0.5, 0.6) is 11.5 Å². The van der Waals surface area contributed by atoms with Gasteiger partial charge in [-0.25, -0.2) is 19.6 Å². The van der Waals surface area contributed by atoms with E-state index in [1.165, 1.54) is 12.1 Å². The molecule has 2 aromatic carbocycles. The zero-order valence-corrected chi connectivity index (χ0v) is 15.6. The quantitative estimate of drug-likeness (QED) is 0.526. The number of rotatable bonds is 4. The number of carbonyl (C=O) groups is 2. The third-order valence-electron chi connectivity index (χ3n) is 4.66. The highest BCUT2D eigenvalue weighted by molar-refractivity contribution is 6.03. The normalized spacial score (nSPS) is 11.0. The van der Waals surface area contributed by atoms with Gasteiger partial charge in [-0.2, -0.15) is 0 Å². The first kappa shape index (κ1) is 18.4. The van der Waals surface area contributed by atoms with Crippen molar-refractivity contribution in [2.24, 2.45) is 0 Å². The molecule has 0 aliphatic heterocycles. The Bertz CT molecular complexity index is 1210. The minimum atomic E-state index is -1.04. The second-order valence-corrected chi connectivity index (χ2v) is 6.61. The van der Waals surface area contributed by atoms with Crippen LogP contribution >= 0.6 is 0 Å². The van der Waals surface area contributed by atoms with E-state index in [0.29, 0.717) is 44.7 Å². The van der Waals surface area contributed by atoms with Crippen LogP contribution in [0.3, 0.4) is 0 Å². The second-order valence-electron chi connectivity index (χ2n) is 6.61. The number of hydrogen-bond donors (Lipinski definition) is 2. The highest BCUT2D eigenvalue weighted by Gasteiger charge is 2.16. The molecule has 29 heavy (non-hydrogen) atoms. The van der Waals surface area contributed by atoms with Crippen LogP contribution in [0.15, 0.2) is 48.5 Å². The van der Waals surface area contributed by atoms with Gasteiger partial charge >= 0.3 is 11.9 Å². The van der Waals surface area contributed by atoms with Crippen molar-refractivity contribution in [1.29, 1.82) is 0 Å². The van der Waals surface area contributed by atoms with Crippen LogP contribution in [0.25, 0.3) is 21.8 Å². The van der Waals surface area contributed by atoms with E-state index in [9.17, 15) is 19.8 Å². The Hall–Kier alpha value is -4.00. The summed E-state index contributed by atoms with van der Waals surface area (Å²) in [6, 6.07) is 13.3. The number of aryl methyl sites for hydroxylation is 2. The molecule has 0 saturated carbocycles. The molecule has 144 valence electrons. The van der Waals surface area contributed by atoms with Gasteiger partial charge in [0.15, 0.2) is 0 Å². The van der Waals surface area contributed by atoms with Gasteiger partial charge in [0.2, 0.25) is 0 Å². The largest absolute Gasteiger partial charge is 0.478 e. The lowest BCUT2D eigenvalue weighted by atomic mass is 10.1. The Balaban J connectivity index is 1.81. The lowest BCUT2D eigenvalue weighted by Crippen LogP contribution is -2.02. The van der Waals surface area contributed by atoms with Crippen LogP contribution in [0.1, 0.15) is 32.1 Å². The van der Waals surface area contributed by atoms with Crippen molar-refractivity contribution in [3.8, 4) is 11.5 Å². The van der Waals surface area contributed by atoms with Crippen molar-refractivity contribution in [2.75, 3.05) is 0 Å². The van der Waals surface area contributed by atoms with Crippen LogP contribution in [0, 0.1) is 13.8 Å². The second kappa shape index (κ2) is 6.87. The third-order valence-corrected chi connectivity index (χ3v) is 4.66. The number of carboxylic acid groups (broad SMARTS) is 2. The summed E-state index contributed by atoms with van der Waals surface area (Å²) in [6.45, 7) is 3.47. The first-order valence-corrected chi connectivity index (χ1v) is 8.80. The minimum Gasteiger partial charge on any atom is -0.478 e. The molecule has 0 unspecified atom stereocenters. The molecule has 0 saturated heterocycles. The Morgan fingerprint density at radius 3 is 1.55 bits per heavy atom. The highest BCUT2D eigenvalue weighted by atomic mass is 16.5. The van der Waals surface area contributed by atoms with Gasteiger partial charge in [0.05, 0.1) is 33.5 Å². The molecule has 2 aromatic heterocycles. The van der Waals surface area contributed by atoms with Crippen LogP contribution < -0.4 is 4.74 Å². The van der Waals surface area contributed by atoms with Gasteiger partial charge in [-0.15, -0.1) is 0 Å². The maximum absolute atomic E-state index is 11.4. The van der Waals surface area contributed by atoms with Crippen LogP contribution in [0.2, 0.25) is 0 Å². The Kier molecular flexibility index (Phi) is 4.35. The smallest absolute Gasteiger partial charge is 0.337 e. The maximum Gasteiger partial charge on any atom is 0.337 e. The van der Waals surface area contributed by atoms with Gasteiger partial charge < -0.3 is 14.9 Å². The lowest BCUT2D eigenvalue weighted by molar-refractivity contribution is 0.0688. The van der Waals surface area contributed by atoms with Crippen molar-refractivity contribution in [3.05, 3.63) is 71.0 Å². The number of para-hydroxylation sites is 2. The molecule has 0 bridgehead atoms. The maximum atomic E-state index is 11.4. The molecular formula is C22H16N2O5. The molecule has 4 rings (SSSR count). The summed E-state index contributed by atoms with van der Waals surface area (Å²) in [6.07, 6.45) is 0. The topological polar surface area (TPSA) is 110 Å². The average molecular weight is 388 g/mol. The monoisotopic (exact) mass is 388 g/mol. The number of hydrogen-bond acceptors (Lipinski definition) is 5. The van der Waals surface area contributed by atoms with E-state index in [1.54, 1.807) is 50.2 Å². The number of benzene rings is 2. The number of carboxylic acids is 2. The molecule has 0 aliphatic rings. The molecular weight excluding hydrogens is 372 g/mol. The number of aromatic nitrogens is 2. The van der Waals surface area contributed by atoms with Gasteiger partial charge in [-0.1, -0.05) is 24.3 Å². The fourth-order valence-electron chi connectivity index (χ4n) is 3.21. The van der Waals surface area contributed by atoms with E-state index in [4.69, 9.17) is 4.74 Å². The summed E-state index contributed by atoms with van der Waals surface area (Å²) >= 11 is 0. The molecule has 4 aromatic rings. The van der Waals surface area contributed by atoms with Gasteiger partial charge in [0.1, 0.15) is 11.5 Å². The van der Waals surface area contributed by atoms with E-state index in [0.717, 1.165) is 0 Å². The predicted octanol–water partition coefficient (Wildman–Crippen LogP) is 4.59. The van der Waals surface area contributed by atoms with Crippen LogP contribution in [-0.2, 0) is 0 Å². The number of nitrogens with zero attached hydrogens (tertiary/aromatic N) is 2. The summed E-state index contributed by atoms with van der Waals surface area (Å²) in [5.41, 5.74) is 2.10. The lowest BCUT2D eigenvalue weighted by Gasteiger charge is -2.13. The number of aromatic carboxylic acids is 2. The van der Waals surface area contributed by atoms with Crippen molar-refractivity contribution in [1.82, 2.24) is 9.97 Å². The summed E-state index contributed by atoms with van der Waals surface area (Å²) in [5.74, 6) is -1.14. The standard InChI is InChI=1S/C22H16N2O5/c1-11-17(9-13-5-3-7-15(21(25)26)19(13)23-11)29-18-10-14-6-4-8-16(22(27)28)20(14)24-12(18)2/h3-10H,1-2H3,(H,25,26)(H,27,28). The predicted molar refractivity (Wildman–Crippen MR) is 107 cm³/mol. The summed E-state index contributed by atoms with van der Waals surface area (Å²) < 4.78 is 6.04. The fourth-order valence-corrected chi connectivity index (χ4v) is 3.21. The third kappa shape index (κ3) is 3.23. The minimum absolute atomic E-state index is 0.127. The fraction of sp³-hybridized carbons (Fsp3) is 0.0909. The molecule has 2 heterocycles. The Morgan fingerprint density at radius 1 is 0.759 bits per heavy atom. The van der Waals surface area contributed by atoms with Crippen molar-refractivity contribution >= 4 is 33.7 Å². The van der Waals surface area contributed by atoms with Crippen molar-refractivity contribution < 1.29 is 24.5 Å². The highest BCUT2D eigenvalue weighted by Crippen LogP contribution is 2.32. The molecule has 7 heteroatoms. The first-order valence-electron chi connectivity index (χ1n) is 8.80. The molecule has 0 radical (unpaired) electrons. The number of fused-ring (bicyclic) bond motifs is 2. The van der Waals surface area contributed by atoms with E-state index in [1.807, 2.05) is 0 Å².